The highest BCUT2D eigenvalue weighted by Gasteiger charge is 2.33. The van der Waals surface area contributed by atoms with Crippen LogP contribution in [0.1, 0.15) is 29.5 Å². The molecule has 1 atom stereocenters. The maximum atomic E-state index is 12.9. The van der Waals surface area contributed by atoms with Crippen LogP contribution in [0.25, 0.3) is 0 Å². The highest BCUT2D eigenvalue weighted by molar-refractivity contribution is 9.10. The van der Waals surface area contributed by atoms with Crippen molar-refractivity contribution >= 4 is 37.5 Å². The summed E-state index contributed by atoms with van der Waals surface area (Å²) in [7, 11) is -3.61. The van der Waals surface area contributed by atoms with Gasteiger partial charge in [0.05, 0.1) is 10.8 Å². The second-order valence-corrected chi connectivity index (χ2v) is 10.3. The Balaban J connectivity index is 1.76. The van der Waals surface area contributed by atoms with Crippen molar-refractivity contribution in [1.82, 2.24) is 4.31 Å². The van der Waals surface area contributed by atoms with Crippen LogP contribution in [-0.2, 0) is 14.8 Å². The first-order valence-corrected chi connectivity index (χ1v) is 11.6. The smallest absolute Gasteiger partial charge is 0.243 e. The molecule has 1 fully saturated rings. The molecule has 150 valence electrons. The number of nitrogens with zero attached hydrogens (tertiary/aromatic N) is 1. The molecule has 1 heterocycles. The summed E-state index contributed by atoms with van der Waals surface area (Å²) in [5, 5.41) is 3.03. The molecule has 1 unspecified atom stereocenters. The Hall–Kier alpha value is -1.70. The van der Waals surface area contributed by atoms with Gasteiger partial charge in [-0.2, -0.15) is 4.31 Å². The van der Waals surface area contributed by atoms with E-state index in [1.165, 1.54) is 4.31 Å². The maximum Gasteiger partial charge on any atom is 0.243 e. The zero-order valence-electron chi connectivity index (χ0n) is 16.3. The van der Waals surface area contributed by atoms with E-state index in [2.05, 4.69) is 21.2 Å². The summed E-state index contributed by atoms with van der Waals surface area (Å²) in [6.45, 7) is 6.61. The molecule has 1 amide bonds. The molecular formula is C21H25BrN2O3S. The van der Waals surface area contributed by atoms with Gasteiger partial charge in [-0.1, -0.05) is 33.6 Å². The molecule has 0 bridgehead atoms. The van der Waals surface area contributed by atoms with Gasteiger partial charge in [0.2, 0.25) is 15.9 Å². The van der Waals surface area contributed by atoms with E-state index in [4.69, 9.17) is 0 Å². The van der Waals surface area contributed by atoms with Gasteiger partial charge in [-0.25, -0.2) is 8.42 Å². The molecule has 5 nitrogen and oxygen atoms in total. The number of hydrogen-bond donors (Lipinski definition) is 1. The number of nitrogens with one attached hydrogen (secondary N) is 1. The first kappa shape index (κ1) is 21.0. The van der Waals surface area contributed by atoms with Crippen LogP contribution in [0.5, 0.6) is 0 Å². The van der Waals surface area contributed by atoms with Crippen molar-refractivity contribution in [2.24, 2.45) is 5.92 Å². The molecule has 1 N–H and O–H groups in total. The van der Waals surface area contributed by atoms with Crippen molar-refractivity contribution < 1.29 is 13.2 Å². The quantitative estimate of drug-likeness (QED) is 0.728. The molecule has 1 aliphatic rings. The topological polar surface area (TPSA) is 66.5 Å². The summed E-state index contributed by atoms with van der Waals surface area (Å²) >= 11 is 3.32. The van der Waals surface area contributed by atoms with Crippen LogP contribution in [-0.4, -0.2) is 31.7 Å². The van der Waals surface area contributed by atoms with E-state index in [1.54, 1.807) is 24.3 Å². The van der Waals surface area contributed by atoms with Crippen molar-refractivity contribution in [2.75, 3.05) is 18.4 Å². The third-order valence-electron chi connectivity index (χ3n) is 5.13. The van der Waals surface area contributed by atoms with Crippen LogP contribution in [0.2, 0.25) is 0 Å². The second-order valence-electron chi connectivity index (χ2n) is 7.42. The molecule has 1 saturated heterocycles. The Morgan fingerprint density at radius 1 is 1.11 bits per heavy atom. The third-order valence-corrected chi connectivity index (χ3v) is 7.54. The van der Waals surface area contributed by atoms with E-state index in [-0.39, 0.29) is 23.3 Å². The number of sulfonamides is 1. The minimum absolute atomic E-state index is 0.120. The molecule has 0 spiro atoms. The van der Waals surface area contributed by atoms with E-state index in [0.717, 1.165) is 26.9 Å². The van der Waals surface area contributed by atoms with Gasteiger partial charge in [-0.05, 0) is 69.0 Å². The summed E-state index contributed by atoms with van der Waals surface area (Å²) in [6, 6.07) is 10.7. The first-order valence-electron chi connectivity index (χ1n) is 9.33. The normalized spacial score (nSPS) is 18.1. The summed E-state index contributed by atoms with van der Waals surface area (Å²) in [5.74, 6) is -0.482. The lowest BCUT2D eigenvalue weighted by molar-refractivity contribution is -0.120. The Labute approximate surface area is 175 Å². The van der Waals surface area contributed by atoms with Crippen LogP contribution in [0.3, 0.4) is 0 Å². The van der Waals surface area contributed by atoms with Crippen molar-refractivity contribution in [3.63, 3.8) is 0 Å². The SMILES string of the molecule is Cc1cc(C)c(NC(=O)C2CCCN(S(=O)(=O)c3ccc(Br)cc3)C2)c(C)c1. The largest absolute Gasteiger partial charge is 0.325 e. The van der Waals surface area contributed by atoms with Gasteiger partial charge >= 0.3 is 0 Å². The predicted octanol–water partition coefficient (Wildman–Crippen LogP) is 4.41. The van der Waals surface area contributed by atoms with Gasteiger partial charge in [0.15, 0.2) is 0 Å². The third kappa shape index (κ3) is 4.47. The van der Waals surface area contributed by atoms with Gasteiger partial charge in [0.1, 0.15) is 0 Å². The van der Waals surface area contributed by atoms with Gasteiger partial charge in [0, 0.05) is 23.2 Å². The van der Waals surface area contributed by atoms with Gasteiger partial charge in [-0.3, -0.25) is 4.79 Å². The standard InChI is InChI=1S/C21H25BrN2O3S/c1-14-11-15(2)20(16(3)12-14)23-21(25)17-5-4-10-24(13-17)28(26,27)19-8-6-18(22)7-9-19/h6-9,11-12,17H,4-5,10,13H2,1-3H3,(H,23,25). The number of rotatable bonds is 4. The Kier molecular flexibility index (Phi) is 6.27. The minimum Gasteiger partial charge on any atom is -0.325 e. The molecule has 7 heteroatoms. The lowest BCUT2D eigenvalue weighted by atomic mass is 9.98. The van der Waals surface area contributed by atoms with Gasteiger partial charge < -0.3 is 5.32 Å². The van der Waals surface area contributed by atoms with E-state index in [9.17, 15) is 13.2 Å². The summed E-state index contributed by atoms with van der Waals surface area (Å²) in [5.41, 5.74) is 4.00. The van der Waals surface area contributed by atoms with Crippen LogP contribution in [0.4, 0.5) is 5.69 Å². The number of piperidine rings is 1. The maximum absolute atomic E-state index is 12.9. The number of aryl methyl sites for hydroxylation is 3. The van der Waals surface area contributed by atoms with Crippen LogP contribution < -0.4 is 5.32 Å². The highest BCUT2D eigenvalue weighted by atomic mass is 79.9. The average molecular weight is 465 g/mol. The monoisotopic (exact) mass is 464 g/mol. The number of carbonyl (C=O) groups is 1. The number of anilines is 1. The fourth-order valence-electron chi connectivity index (χ4n) is 3.73. The van der Waals surface area contributed by atoms with Crippen molar-refractivity contribution in [1.29, 1.82) is 0 Å². The van der Waals surface area contributed by atoms with Crippen LogP contribution in [0, 0.1) is 26.7 Å². The van der Waals surface area contributed by atoms with E-state index in [0.29, 0.717) is 19.4 Å². The number of carbonyl (C=O) groups excluding carboxylic acids is 1. The Morgan fingerprint density at radius 3 is 2.32 bits per heavy atom. The molecule has 0 saturated carbocycles. The fraction of sp³-hybridized carbons (Fsp3) is 0.381. The Bertz CT molecular complexity index is 964. The van der Waals surface area contributed by atoms with Crippen LogP contribution in [0.15, 0.2) is 45.8 Å². The van der Waals surface area contributed by atoms with E-state index < -0.39 is 10.0 Å². The second kappa shape index (κ2) is 8.35. The van der Waals surface area contributed by atoms with Crippen molar-refractivity contribution in [3.05, 3.63) is 57.6 Å². The molecule has 2 aromatic carbocycles. The van der Waals surface area contributed by atoms with E-state index in [1.807, 2.05) is 32.9 Å². The summed E-state index contributed by atoms with van der Waals surface area (Å²) in [6.07, 6.45) is 1.35. The molecule has 28 heavy (non-hydrogen) atoms. The van der Waals surface area contributed by atoms with E-state index >= 15 is 0 Å². The van der Waals surface area contributed by atoms with Crippen molar-refractivity contribution in [3.8, 4) is 0 Å². The molecule has 1 aliphatic heterocycles. The summed E-state index contributed by atoms with van der Waals surface area (Å²) < 4.78 is 28.2. The number of hydrogen-bond acceptors (Lipinski definition) is 3. The van der Waals surface area contributed by atoms with Gasteiger partial charge in [0.25, 0.3) is 0 Å². The number of benzene rings is 2. The molecule has 0 radical (unpaired) electrons. The molecule has 0 aromatic heterocycles. The molecule has 2 aromatic rings. The highest BCUT2D eigenvalue weighted by Crippen LogP contribution is 2.27. The summed E-state index contributed by atoms with van der Waals surface area (Å²) in [4.78, 5) is 13.1. The predicted molar refractivity (Wildman–Crippen MR) is 115 cm³/mol. The molecular weight excluding hydrogens is 440 g/mol. The minimum atomic E-state index is -3.61. The molecule has 3 rings (SSSR count). The van der Waals surface area contributed by atoms with Crippen LogP contribution >= 0.6 is 15.9 Å². The fourth-order valence-corrected chi connectivity index (χ4v) is 5.52. The lowest BCUT2D eigenvalue weighted by Crippen LogP contribution is -2.43. The van der Waals surface area contributed by atoms with Gasteiger partial charge in [-0.15, -0.1) is 0 Å². The zero-order chi connectivity index (χ0) is 20.5. The number of amides is 1. The molecule has 0 aliphatic carbocycles. The number of halogens is 1. The van der Waals surface area contributed by atoms with Crippen molar-refractivity contribution in [2.45, 2.75) is 38.5 Å². The lowest BCUT2D eigenvalue weighted by Gasteiger charge is -2.31. The first-order chi connectivity index (χ1) is 13.2. The Morgan fingerprint density at radius 2 is 1.71 bits per heavy atom. The zero-order valence-corrected chi connectivity index (χ0v) is 18.7. The average Bonchev–Trinajstić information content (AvgIpc) is 2.65.